The van der Waals surface area contributed by atoms with Crippen molar-refractivity contribution in [2.24, 2.45) is 0 Å². The molecule has 7 heteroatoms. The number of carbonyl (C=O) groups is 1. The van der Waals surface area contributed by atoms with Crippen LogP contribution < -0.4 is 15.6 Å². The number of hydrogen-bond donors (Lipinski definition) is 2. The first-order valence-corrected chi connectivity index (χ1v) is 9.28. The van der Waals surface area contributed by atoms with Gasteiger partial charge in [-0.05, 0) is 41.7 Å². The highest BCUT2D eigenvalue weighted by Crippen LogP contribution is 2.42. The van der Waals surface area contributed by atoms with Crippen molar-refractivity contribution in [3.05, 3.63) is 68.8 Å². The molecule has 146 valence electrons. The number of pyridine rings is 1. The van der Waals surface area contributed by atoms with Crippen LogP contribution in [0.3, 0.4) is 0 Å². The summed E-state index contributed by atoms with van der Waals surface area (Å²) in [5, 5.41) is 2.81. The minimum Gasteiger partial charge on any atom is -0.497 e. The zero-order valence-corrected chi connectivity index (χ0v) is 15.8. The summed E-state index contributed by atoms with van der Waals surface area (Å²) in [5.74, 6) is 1.87. The second kappa shape index (κ2) is 7.42. The van der Waals surface area contributed by atoms with E-state index in [4.69, 9.17) is 14.2 Å². The van der Waals surface area contributed by atoms with Crippen LogP contribution in [0.4, 0.5) is 0 Å². The van der Waals surface area contributed by atoms with Gasteiger partial charge in [0.2, 0.25) is 6.79 Å². The second-order valence-corrected chi connectivity index (χ2v) is 6.84. The fraction of sp³-hybridized carbons (Fsp3) is 0.333. The van der Waals surface area contributed by atoms with E-state index in [-0.39, 0.29) is 18.3 Å². The van der Waals surface area contributed by atoms with E-state index in [9.17, 15) is 9.59 Å². The van der Waals surface area contributed by atoms with Gasteiger partial charge in [0.25, 0.3) is 11.5 Å². The molecular weight excluding hydrogens is 360 g/mol. The molecule has 1 atom stereocenters. The number of hydrogen-bond acceptors (Lipinski definition) is 5. The molecule has 1 aliphatic heterocycles. The lowest BCUT2D eigenvalue weighted by atomic mass is 9.85. The molecule has 0 fully saturated rings. The van der Waals surface area contributed by atoms with Crippen LogP contribution >= 0.6 is 0 Å². The first-order valence-electron chi connectivity index (χ1n) is 9.28. The maximum Gasteiger partial charge on any atom is 0.261 e. The highest BCUT2D eigenvalue weighted by Gasteiger charge is 2.33. The second-order valence-electron chi connectivity index (χ2n) is 6.84. The zero-order chi connectivity index (χ0) is 19.7. The molecule has 0 spiro atoms. The smallest absolute Gasteiger partial charge is 0.261 e. The lowest BCUT2D eigenvalue weighted by Crippen LogP contribution is -2.31. The summed E-state index contributed by atoms with van der Waals surface area (Å²) in [4.78, 5) is 28.0. The summed E-state index contributed by atoms with van der Waals surface area (Å²) < 4.78 is 16.2. The molecule has 0 radical (unpaired) electrons. The zero-order valence-electron chi connectivity index (χ0n) is 15.8. The number of aromatic amines is 1. The molecule has 0 saturated carbocycles. The Hall–Kier alpha value is -3.22. The Morgan fingerprint density at radius 2 is 2.07 bits per heavy atom. The number of ether oxygens (including phenoxy) is 3. The first kappa shape index (κ1) is 18.2. The Kier molecular flexibility index (Phi) is 4.81. The van der Waals surface area contributed by atoms with Crippen molar-refractivity contribution < 1.29 is 19.0 Å². The molecular formula is C21H22N2O5. The van der Waals surface area contributed by atoms with E-state index in [0.717, 1.165) is 29.1 Å². The number of methoxy groups -OCH3 is 1. The summed E-state index contributed by atoms with van der Waals surface area (Å²) in [6, 6.07) is 9.09. The fourth-order valence-electron chi connectivity index (χ4n) is 3.61. The highest BCUT2D eigenvalue weighted by atomic mass is 16.7. The van der Waals surface area contributed by atoms with E-state index >= 15 is 0 Å². The third-order valence-electron chi connectivity index (χ3n) is 5.21. The van der Waals surface area contributed by atoms with Gasteiger partial charge < -0.3 is 24.5 Å². The van der Waals surface area contributed by atoms with Crippen molar-refractivity contribution >= 4 is 11.7 Å². The minimum absolute atomic E-state index is 0.105. The van der Waals surface area contributed by atoms with Gasteiger partial charge in [0.15, 0.2) is 5.76 Å². The summed E-state index contributed by atoms with van der Waals surface area (Å²) >= 11 is 0. The van der Waals surface area contributed by atoms with Crippen LogP contribution in [-0.2, 0) is 16.0 Å². The van der Waals surface area contributed by atoms with Crippen LogP contribution in [0.25, 0.3) is 5.76 Å². The van der Waals surface area contributed by atoms with Gasteiger partial charge in [0, 0.05) is 13.0 Å². The average Bonchev–Trinajstić information content (AvgIpc) is 3.20. The lowest BCUT2D eigenvalue weighted by molar-refractivity contribution is 0.0841. The first-order chi connectivity index (χ1) is 13.6. The topological polar surface area (TPSA) is 89.7 Å². The number of rotatable bonds is 5. The third kappa shape index (κ3) is 3.24. The van der Waals surface area contributed by atoms with Crippen LogP contribution in [-0.4, -0.2) is 24.8 Å². The molecule has 28 heavy (non-hydrogen) atoms. The van der Waals surface area contributed by atoms with Gasteiger partial charge in [-0.1, -0.05) is 19.1 Å². The maximum absolute atomic E-state index is 12.6. The number of H-pyrrole nitrogens is 1. The number of carbonyl (C=O) groups excluding carboxylic acids is 1. The Labute approximate surface area is 162 Å². The predicted molar refractivity (Wildman–Crippen MR) is 103 cm³/mol. The molecule has 2 N–H and O–H groups in total. The largest absolute Gasteiger partial charge is 0.497 e. The van der Waals surface area contributed by atoms with E-state index in [1.54, 1.807) is 13.2 Å². The van der Waals surface area contributed by atoms with Crippen molar-refractivity contribution in [1.29, 1.82) is 0 Å². The Balaban J connectivity index is 1.58. The SMILES string of the molecule is CCC1CC2=C(OCO2)c2[nH]c(=O)c(C(=O)NCc3ccc(OC)cc3)cc21. The van der Waals surface area contributed by atoms with Crippen LogP contribution in [0, 0.1) is 0 Å². The van der Waals surface area contributed by atoms with E-state index in [0.29, 0.717) is 24.4 Å². The summed E-state index contributed by atoms with van der Waals surface area (Å²) in [6.45, 7) is 2.56. The summed E-state index contributed by atoms with van der Waals surface area (Å²) in [6.07, 6.45) is 1.57. The fourth-order valence-corrected chi connectivity index (χ4v) is 3.61. The average molecular weight is 382 g/mol. The van der Waals surface area contributed by atoms with E-state index in [1.165, 1.54) is 0 Å². The van der Waals surface area contributed by atoms with Gasteiger partial charge in [-0.2, -0.15) is 0 Å². The maximum atomic E-state index is 12.6. The van der Waals surface area contributed by atoms with E-state index < -0.39 is 11.5 Å². The highest BCUT2D eigenvalue weighted by molar-refractivity contribution is 5.94. The molecule has 4 rings (SSSR count). The van der Waals surface area contributed by atoms with Crippen LogP contribution in [0.15, 0.2) is 40.9 Å². The number of fused-ring (bicyclic) bond motifs is 2. The Morgan fingerprint density at radius 1 is 1.29 bits per heavy atom. The molecule has 2 heterocycles. The molecule has 2 aromatic rings. The van der Waals surface area contributed by atoms with Crippen molar-refractivity contribution in [2.75, 3.05) is 13.9 Å². The van der Waals surface area contributed by atoms with Gasteiger partial charge in [-0.15, -0.1) is 0 Å². The molecule has 0 saturated heterocycles. The standard InChI is InChI=1S/C21H22N2O5/c1-3-13-8-17-19(28-11-27-17)18-15(13)9-16(21(25)23-18)20(24)22-10-12-4-6-14(26-2)7-5-12/h4-7,9,13H,3,8,10-11H2,1-2H3,(H,22,24)(H,23,25). The number of amides is 1. The van der Waals surface area contributed by atoms with Crippen molar-refractivity contribution in [2.45, 2.75) is 32.2 Å². The molecule has 0 bridgehead atoms. The van der Waals surface area contributed by atoms with Crippen molar-refractivity contribution in [3.8, 4) is 5.75 Å². The molecule has 1 aromatic heterocycles. The van der Waals surface area contributed by atoms with Gasteiger partial charge in [0.05, 0.1) is 12.8 Å². The molecule has 1 aromatic carbocycles. The predicted octanol–water partition coefficient (Wildman–Crippen LogP) is 2.88. The normalized spacial score (nSPS) is 17.3. The summed E-state index contributed by atoms with van der Waals surface area (Å²) in [7, 11) is 1.60. The van der Waals surface area contributed by atoms with Gasteiger partial charge in [0.1, 0.15) is 17.1 Å². The van der Waals surface area contributed by atoms with E-state index in [2.05, 4.69) is 17.2 Å². The monoisotopic (exact) mass is 382 g/mol. The van der Waals surface area contributed by atoms with E-state index in [1.807, 2.05) is 24.3 Å². The van der Waals surface area contributed by atoms with Crippen molar-refractivity contribution in [1.82, 2.24) is 10.3 Å². The number of aromatic nitrogens is 1. The van der Waals surface area contributed by atoms with Gasteiger partial charge in [-0.3, -0.25) is 9.59 Å². The van der Waals surface area contributed by atoms with Gasteiger partial charge >= 0.3 is 0 Å². The van der Waals surface area contributed by atoms with Crippen LogP contribution in [0.1, 0.15) is 52.9 Å². The molecule has 1 unspecified atom stereocenters. The lowest BCUT2D eigenvalue weighted by Gasteiger charge is -2.23. The Bertz CT molecular complexity index is 991. The van der Waals surface area contributed by atoms with Crippen LogP contribution in [0.5, 0.6) is 5.75 Å². The minimum atomic E-state index is -0.440. The quantitative estimate of drug-likeness (QED) is 0.830. The third-order valence-corrected chi connectivity index (χ3v) is 5.21. The molecule has 2 aliphatic rings. The van der Waals surface area contributed by atoms with Crippen LogP contribution in [0.2, 0.25) is 0 Å². The molecule has 1 aliphatic carbocycles. The molecule has 1 amide bonds. The number of benzene rings is 1. The van der Waals surface area contributed by atoms with Gasteiger partial charge in [-0.25, -0.2) is 0 Å². The molecule has 7 nitrogen and oxygen atoms in total. The number of nitrogens with one attached hydrogen (secondary N) is 2. The Morgan fingerprint density at radius 3 is 2.79 bits per heavy atom. The summed E-state index contributed by atoms with van der Waals surface area (Å²) in [5.41, 5.74) is 2.13. The number of allylic oxidation sites excluding steroid dienone is 1. The van der Waals surface area contributed by atoms with Crippen molar-refractivity contribution in [3.63, 3.8) is 0 Å².